The molecule has 0 aliphatic carbocycles. The van der Waals surface area contributed by atoms with Gasteiger partial charge in [-0.3, -0.25) is 4.68 Å². The third kappa shape index (κ3) is 7.40. The van der Waals surface area contributed by atoms with Crippen molar-refractivity contribution in [3.05, 3.63) is 11.9 Å². The molecular formula is C15H29N5O2. The summed E-state index contributed by atoms with van der Waals surface area (Å²) in [6, 6.07) is 0.197. The number of amides is 1. The van der Waals surface area contributed by atoms with Gasteiger partial charge in [0, 0.05) is 26.2 Å². The molecule has 1 atom stereocenters. The second-order valence-electron chi connectivity index (χ2n) is 6.45. The first kappa shape index (κ1) is 18.4. The summed E-state index contributed by atoms with van der Waals surface area (Å²) < 4.78 is 7.00. The van der Waals surface area contributed by atoms with Crippen LogP contribution in [-0.4, -0.2) is 39.3 Å². The lowest BCUT2D eigenvalue weighted by Gasteiger charge is -2.22. The van der Waals surface area contributed by atoms with Crippen LogP contribution < -0.4 is 10.6 Å². The first-order chi connectivity index (χ1) is 10.3. The smallest absolute Gasteiger partial charge is 0.407 e. The van der Waals surface area contributed by atoms with Crippen molar-refractivity contribution in [2.45, 2.75) is 65.1 Å². The van der Waals surface area contributed by atoms with Crippen LogP contribution in [0.15, 0.2) is 6.20 Å². The van der Waals surface area contributed by atoms with Gasteiger partial charge in [0.2, 0.25) is 0 Å². The number of nitrogens with one attached hydrogen (secondary N) is 2. The van der Waals surface area contributed by atoms with E-state index in [1.807, 2.05) is 27.8 Å². The van der Waals surface area contributed by atoms with Crippen molar-refractivity contribution in [2.75, 3.05) is 6.54 Å². The van der Waals surface area contributed by atoms with E-state index in [-0.39, 0.29) is 12.1 Å². The Morgan fingerprint density at radius 3 is 2.73 bits per heavy atom. The summed E-state index contributed by atoms with van der Waals surface area (Å²) in [5.41, 5.74) is 0.537. The van der Waals surface area contributed by atoms with E-state index in [0.717, 1.165) is 25.0 Å². The molecule has 7 heteroatoms. The molecule has 0 saturated heterocycles. The Labute approximate surface area is 132 Å². The number of rotatable bonds is 8. The fourth-order valence-electron chi connectivity index (χ4n) is 1.97. The van der Waals surface area contributed by atoms with Crippen molar-refractivity contribution in [3.8, 4) is 0 Å². The van der Waals surface area contributed by atoms with Gasteiger partial charge in [-0.25, -0.2) is 4.79 Å². The van der Waals surface area contributed by atoms with Crippen LogP contribution in [0.3, 0.4) is 0 Å². The standard InChI is InChI=1S/C15H29N5O2/c1-6-7-8-12(9-17-14(21)22-15(2,3)4)16-10-13-11-18-19-20(13)5/h11-12,16H,6-10H2,1-5H3,(H,17,21). The molecule has 0 fully saturated rings. The maximum Gasteiger partial charge on any atom is 0.407 e. The Morgan fingerprint density at radius 1 is 1.45 bits per heavy atom. The zero-order valence-electron chi connectivity index (χ0n) is 14.3. The van der Waals surface area contributed by atoms with Crippen molar-refractivity contribution >= 4 is 6.09 Å². The van der Waals surface area contributed by atoms with Gasteiger partial charge in [-0.1, -0.05) is 25.0 Å². The number of hydrogen-bond acceptors (Lipinski definition) is 5. The number of nitrogens with zero attached hydrogens (tertiary/aromatic N) is 3. The number of aromatic nitrogens is 3. The van der Waals surface area contributed by atoms with E-state index in [0.29, 0.717) is 13.1 Å². The average Bonchev–Trinajstić information content (AvgIpc) is 2.81. The number of carbonyl (C=O) groups is 1. The van der Waals surface area contributed by atoms with E-state index in [1.54, 1.807) is 10.9 Å². The minimum absolute atomic E-state index is 0.197. The first-order valence-corrected chi connectivity index (χ1v) is 7.85. The van der Waals surface area contributed by atoms with E-state index in [1.165, 1.54) is 0 Å². The quantitative estimate of drug-likeness (QED) is 0.767. The van der Waals surface area contributed by atoms with E-state index in [4.69, 9.17) is 4.74 Å². The Hall–Kier alpha value is -1.63. The van der Waals surface area contributed by atoms with Crippen molar-refractivity contribution < 1.29 is 9.53 Å². The molecule has 1 aromatic heterocycles. The summed E-state index contributed by atoms with van der Waals surface area (Å²) in [6.07, 6.45) is 4.59. The van der Waals surface area contributed by atoms with Gasteiger partial charge in [-0.2, -0.15) is 0 Å². The van der Waals surface area contributed by atoms with E-state index in [9.17, 15) is 4.79 Å². The molecule has 0 spiro atoms. The fraction of sp³-hybridized carbons (Fsp3) is 0.800. The summed E-state index contributed by atoms with van der Waals surface area (Å²) in [6.45, 7) is 8.94. The number of ether oxygens (including phenoxy) is 1. The van der Waals surface area contributed by atoms with Gasteiger partial charge in [0.05, 0.1) is 11.9 Å². The zero-order chi connectivity index (χ0) is 16.6. The lowest BCUT2D eigenvalue weighted by Crippen LogP contribution is -2.42. The molecule has 1 aromatic rings. The zero-order valence-corrected chi connectivity index (χ0v) is 14.3. The predicted molar refractivity (Wildman–Crippen MR) is 85.4 cm³/mol. The molecule has 1 amide bonds. The summed E-state index contributed by atoms with van der Waals surface area (Å²) in [5.74, 6) is 0. The van der Waals surface area contributed by atoms with E-state index in [2.05, 4.69) is 27.9 Å². The van der Waals surface area contributed by atoms with Crippen LogP contribution in [0.5, 0.6) is 0 Å². The molecule has 0 saturated carbocycles. The Kier molecular flexibility index (Phi) is 7.31. The third-order valence-corrected chi connectivity index (χ3v) is 3.18. The topological polar surface area (TPSA) is 81.1 Å². The Bertz CT molecular complexity index is 453. The lowest BCUT2D eigenvalue weighted by atomic mass is 10.1. The predicted octanol–water partition coefficient (Wildman–Crippen LogP) is 1.99. The van der Waals surface area contributed by atoms with Gasteiger partial charge in [0.15, 0.2) is 0 Å². The van der Waals surface area contributed by atoms with Gasteiger partial charge in [0.25, 0.3) is 0 Å². The molecule has 2 N–H and O–H groups in total. The monoisotopic (exact) mass is 311 g/mol. The largest absolute Gasteiger partial charge is 0.444 e. The average molecular weight is 311 g/mol. The van der Waals surface area contributed by atoms with Crippen LogP contribution >= 0.6 is 0 Å². The maximum atomic E-state index is 11.7. The minimum atomic E-state index is -0.475. The molecule has 1 heterocycles. The molecule has 0 aliphatic heterocycles. The summed E-state index contributed by atoms with van der Waals surface area (Å²) in [4.78, 5) is 11.7. The highest BCUT2D eigenvalue weighted by Gasteiger charge is 2.17. The number of aryl methyl sites for hydroxylation is 1. The van der Waals surface area contributed by atoms with Crippen LogP contribution in [-0.2, 0) is 18.3 Å². The van der Waals surface area contributed by atoms with Crippen LogP contribution in [0.2, 0.25) is 0 Å². The Balaban J connectivity index is 2.43. The summed E-state index contributed by atoms with van der Waals surface area (Å²) >= 11 is 0. The second-order valence-corrected chi connectivity index (χ2v) is 6.45. The van der Waals surface area contributed by atoms with Crippen LogP contribution in [0.1, 0.15) is 52.7 Å². The van der Waals surface area contributed by atoms with E-state index >= 15 is 0 Å². The molecule has 0 aromatic carbocycles. The molecule has 0 radical (unpaired) electrons. The minimum Gasteiger partial charge on any atom is -0.444 e. The highest BCUT2D eigenvalue weighted by Crippen LogP contribution is 2.07. The highest BCUT2D eigenvalue weighted by atomic mass is 16.6. The summed E-state index contributed by atoms with van der Waals surface area (Å²) in [5, 5.41) is 14.0. The SMILES string of the molecule is CCCCC(CNC(=O)OC(C)(C)C)NCc1cnnn1C. The van der Waals surface area contributed by atoms with Crippen LogP contribution in [0, 0.1) is 0 Å². The van der Waals surface area contributed by atoms with Gasteiger partial charge in [-0.15, -0.1) is 5.10 Å². The Morgan fingerprint density at radius 2 is 2.18 bits per heavy atom. The molecule has 0 bridgehead atoms. The van der Waals surface area contributed by atoms with Crippen LogP contribution in [0.25, 0.3) is 0 Å². The third-order valence-electron chi connectivity index (χ3n) is 3.18. The summed E-state index contributed by atoms with van der Waals surface area (Å²) in [7, 11) is 1.87. The molecule has 1 unspecified atom stereocenters. The number of carbonyl (C=O) groups excluding carboxylic acids is 1. The van der Waals surface area contributed by atoms with Gasteiger partial charge in [0.1, 0.15) is 5.60 Å². The van der Waals surface area contributed by atoms with Gasteiger partial charge in [-0.05, 0) is 27.2 Å². The lowest BCUT2D eigenvalue weighted by molar-refractivity contribution is 0.0521. The number of alkyl carbamates (subject to hydrolysis) is 1. The molecular weight excluding hydrogens is 282 g/mol. The van der Waals surface area contributed by atoms with Crippen molar-refractivity contribution in [1.29, 1.82) is 0 Å². The van der Waals surface area contributed by atoms with Crippen molar-refractivity contribution in [2.24, 2.45) is 7.05 Å². The number of hydrogen-bond donors (Lipinski definition) is 2. The van der Waals surface area contributed by atoms with Gasteiger partial charge >= 0.3 is 6.09 Å². The van der Waals surface area contributed by atoms with Crippen LogP contribution in [0.4, 0.5) is 4.79 Å². The van der Waals surface area contributed by atoms with Gasteiger partial charge < -0.3 is 15.4 Å². The maximum absolute atomic E-state index is 11.7. The molecule has 22 heavy (non-hydrogen) atoms. The number of unbranched alkanes of at least 4 members (excludes halogenated alkanes) is 1. The molecule has 0 aliphatic rings. The first-order valence-electron chi connectivity index (χ1n) is 7.85. The normalized spacial score (nSPS) is 13.0. The molecule has 7 nitrogen and oxygen atoms in total. The fourth-order valence-corrected chi connectivity index (χ4v) is 1.97. The highest BCUT2D eigenvalue weighted by molar-refractivity contribution is 5.67. The molecule has 1 rings (SSSR count). The molecule has 126 valence electrons. The van der Waals surface area contributed by atoms with Crippen molar-refractivity contribution in [1.82, 2.24) is 25.6 Å². The van der Waals surface area contributed by atoms with Crippen molar-refractivity contribution in [3.63, 3.8) is 0 Å². The second kappa shape index (κ2) is 8.73. The van der Waals surface area contributed by atoms with E-state index < -0.39 is 5.60 Å².